The quantitative estimate of drug-likeness (QED) is 0.374. The van der Waals surface area contributed by atoms with E-state index in [9.17, 15) is 14.7 Å². The number of nitrogens with two attached hydrogens (primary N) is 2. The number of benzene rings is 2. The van der Waals surface area contributed by atoms with Crippen molar-refractivity contribution in [1.29, 1.82) is 0 Å². The van der Waals surface area contributed by atoms with E-state index in [0.717, 1.165) is 11.1 Å². The number of carbonyl (C=O) groups excluding carboxylic acids is 2. The molecule has 0 fully saturated rings. The van der Waals surface area contributed by atoms with Crippen molar-refractivity contribution in [2.45, 2.75) is 57.3 Å². The predicted octanol–water partition coefficient (Wildman–Crippen LogP) is 1.73. The van der Waals surface area contributed by atoms with Gasteiger partial charge in [0.1, 0.15) is 6.04 Å². The molecular weight excluding hydrogens is 392 g/mol. The molecule has 168 valence electrons. The zero-order valence-electron chi connectivity index (χ0n) is 18.2. The number of rotatable bonds is 11. The Hall–Kier alpha value is -2.90. The molecule has 4 atom stereocenters. The number of aliphatic hydroxyl groups is 1. The molecule has 0 aliphatic heterocycles. The number of aliphatic hydroxyl groups excluding tert-OH is 1. The molecule has 2 rings (SSSR count). The lowest BCUT2D eigenvalue weighted by Gasteiger charge is -2.28. The first kappa shape index (κ1) is 24.4. The third kappa shape index (κ3) is 8.39. The zero-order chi connectivity index (χ0) is 22.8. The summed E-state index contributed by atoms with van der Waals surface area (Å²) in [6.45, 7) is 3.66. The van der Waals surface area contributed by atoms with Crippen LogP contribution in [0.4, 0.5) is 4.79 Å². The highest BCUT2D eigenvalue weighted by molar-refractivity contribution is 5.86. The topological polar surface area (TPSA) is 130 Å². The minimum absolute atomic E-state index is 0.143. The largest absolute Gasteiger partial charge is 0.391 e. The Morgan fingerprint density at radius 1 is 0.903 bits per heavy atom. The van der Waals surface area contributed by atoms with Gasteiger partial charge in [0.25, 0.3) is 0 Å². The van der Waals surface area contributed by atoms with Gasteiger partial charge in [-0.15, -0.1) is 0 Å². The van der Waals surface area contributed by atoms with Gasteiger partial charge in [-0.2, -0.15) is 0 Å². The zero-order valence-corrected chi connectivity index (χ0v) is 18.2. The van der Waals surface area contributed by atoms with E-state index in [1.165, 1.54) is 0 Å². The van der Waals surface area contributed by atoms with Crippen LogP contribution < -0.4 is 22.1 Å². The minimum Gasteiger partial charge on any atom is -0.391 e. The molecule has 0 aromatic heterocycles. The molecule has 0 bridgehead atoms. The fourth-order valence-corrected chi connectivity index (χ4v) is 3.56. The van der Waals surface area contributed by atoms with E-state index >= 15 is 0 Å². The molecule has 0 unspecified atom stereocenters. The Bertz CT molecular complexity index is 814. The van der Waals surface area contributed by atoms with Crippen LogP contribution >= 0.6 is 0 Å². The molecule has 3 amide bonds. The summed E-state index contributed by atoms with van der Waals surface area (Å²) >= 11 is 0. The number of nitrogens with one attached hydrogen (secondary N) is 2. The Morgan fingerprint density at radius 3 is 1.90 bits per heavy atom. The highest BCUT2D eigenvalue weighted by Crippen LogP contribution is 2.13. The molecule has 0 radical (unpaired) electrons. The van der Waals surface area contributed by atoms with Crippen molar-refractivity contribution < 1.29 is 14.7 Å². The first-order valence-corrected chi connectivity index (χ1v) is 10.6. The van der Waals surface area contributed by atoms with Crippen molar-refractivity contribution in [2.24, 2.45) is 17.4 Å². The summed E-state index contributed by atoms with van der Waals surface area (Å²) in [5.74, 6) is -0.478. The van der Waals surface area contributed by atoms with E-state index in [2.05, 4.69) is 10.6 Å². The van der Waals surface area contributed by atoms with Crippen molar-refractivity contribution >= 4 is 11.9 Å². The summed E-state index contributed by atoms with van der Waals surface area (Å²) in [6.07, 6.45) is 0.543. The van der Waals surface area contributed by atoms with E-state index in [1.54, 1.807) is 0 Å². The smallest absolute Gasteiger partial charge is 0.312 e. The summed E-state index contributed by atoms with van der Waals surface area (Å²) < 4.78 is 0. The van der Waals surface area contributed by atoms with Crippen LogP contribution in [0, 0.1) is 5.92 Å². The van der Waals surface area contributed by atoms with Crippen molar-refractivity contribution in [2.75, 3.05) is 0 Å². The molecule has 7 heteroatoms. The molecule has 7 N–H and O–H groups in total. The highest BCUT2D eigenvalue weighted by Gasteiger charge is 2.28. The Kier molecular flexibility index (Phi) is 9.49. The Labute approximate surface area is 184 Å². The molecule has 0 aliphatic rings. The average molecular weight is 427 g/mol. The van der Waals surface area contributed by atoms with E-state index in [0.29, 0.717) is 12.8 Å². The molecule has 0 spiro atoms. The van der Waals surface area contributed by atoms with Crippen LogP contribution in [0.15, 0.2) is 60.7 Å². The van der Waals surface area contributed by atoms with Crippen LogP contribution in [-0.4, -0.2) is 41.3 Å². The predicted molar refractivity (Wildman–Crippen MR) is 122 cm³/mol. The summed E-state index contributed by atoms with van der Waals surface area (Å²) in [6, 6.07) is 17.1. The summed E-state index contributed by atoms with van der Waals surface area (Å²) in [5, 5.41) is 16.2. The molecule has 2 aromatic carbocycles. The van der Waals surface area contributed by atoms with Gasteiger partial charge in [-0.05, 0) is 36.3 Å². The van der Waals surface area contributed by atoms with Crippen LogP contribution in [0.3, 0.4) is 0 Å². The van der Waals surface area contributed by atoms with Crippen molar-refractivity contribution in [3.8, 4) is 0 Å². The van der Waals surface area contributed by atoms with Crippen molar-refractivity contribution in [1.82, 2.24) is 10.6 Å². The van der Waals surface area contributed by atoms with Crippen molar-refractivity contribution in [3.63, 3.8) is 0 Å². The van der Waals surface area contributed by atoms with E-state index in [-0.39, 0.29) is 24.3 Å². The van der Waals surface area contributed by atoms with E-state index < -0.39 is 24.2 Å². The van der Waals surface area contributed by atoms with E-state index in [4.69, 9.17) is 11.5 Å². The van der Waals surface area contributed by atoms with Crippen molar-refractivity contribution in [3.05, 3.63) is 71.8 Å². The van der Waals surface area contributed by atoms with Crippen LogP contribution in [-0.2, 0) is 17.6 Å². The fraction of sp³-hybridized carbons (Fsp3) is 0.417. The van der Waals surface area contributed by atoms with Gasteiger partial charge in [0.15, 0.2) is 0 Å². The lowest BCUT2D eigenvalue weighted by atomic mass is 9.93. The van der Waals surface area contributed by atoms with Crippen LogP contribution in [0.2, 0.25) is 0 Å². The Balaban J connectivity index is 2.10. The summed E-state index contributed by atoms with van der Waals surface area (Å²) in [7, 11) is 0. The minimum atomic E-state index is -0.809. The fourth-order valence-electron chi connectivity index (χ4n) is 3.56. The summed E-state index contributed by atoms with van der Waals surface area (Å²) in [5.41, 5.74) is 13.6. The number of amides is 3. The maximum absolute atomic E-state index is 12.9. The van der Waals surface area contributed by atoms with Gasteiger partial charge in [0.2, 0.25) is 5.91 Å². The van der Waals surface area contributed by atoms with Gasteiger partial charge in [0.05, 0.1) is 6.10 Å². The highest BCUT2D eigenvalue weighted by atomic mass is 16.3. The normalized spacial score (nSPS) is 15.0. The number of urea groups is 1. The molecule has 0 saturated heterocycles. The van der Waals surface area contributed by atoms with Crippen LogP contribution in [0.5, 0.6) is 0 Å². The molecule has 31 heavy (non-hydrogen) atoms. The van der Waals surface area contributed by atoms with Crippen LogP contribution in [0.25, 0.3) is 0 Å². The van der Waals surface area contributed by atoms with Gasteiger partial charge in [-0.3, -0.25) is 4.79 Å². The summed E-state index contributed by atoms with van der Waals surface area (Å²) in [4.78, 5) is 24.2. The van der Waals surface area contributed by atoms with Crippen LogP contribution in [0.1, 0.15) is 31.4 Å². The monoisotopic (exact) mass is 426 g/mol. The molecule has 0 heterocycles. The van der Waals surface area contributed by atoms with Gasteiger partial charge >= 0.3 is 6.03 Å². The number of primary amides is 1. The SMILES string of the molecule is CC(C)[C@H](NC(N)=O)C(=O)N[C@@H](Cc1ccccc1)C[C@H](O)[C@@H](N)Cc1ccccc1. The van der Waals surface area contributed by atoms with Gasteiger partial charge in [-0.25, -0.2) is 4.79 Å². The molecule has 0 aliphatic carbocycles. The van der Waals surface area contributed by atoms with Gasteiger partial charge < -0.3 is 27.2 Å². The molecule has 0 saturated carbocycles. The second kappa shape index (κ2) is 12.1. The average Bonchev–Trinajstić information content (AvgIpc) is 2.73. The third-order valence-electron chi connectivity index (χ3n) is 5.25. The molecule has 7 nitrogen and oxygen atoms in total. The van der Waals surface area contributed by atoms with E-state index in [1.807, 2.05) is 74.5 Å². The number of hydrogen-bond acceptors (Lipinski definition) is 4. The molecular formula is C24H34N4O3. The standard InChI is InChI=1S/C24H34N4O3/c1-16(2)22(28-24(26)31)23(30)27-19(13-17-9-5-3-6-10-17)15-21(29)20(25)14-18-11-7-4-8-12-18/h3-12,16,19-22,29H,13-15,25H2,1-2H3,(H,27,30)(H3,26,28,31)/t19-,20-,21-,22-/m0/s1. The number of hydrogen-bond donors (Lipinski definition) is 5. The number of carbonyl (C=O) groups is 2. The second-order valence-corrected chi connectivity index (χ2v) is 8.28. The lowest BCUT2D eigenvalue weighted by Crippen LogP contribution is -2.54. The maximum atomic E-state index is 12.9. The second-order valence-electron chi connectivity index (χ2n) is 8.28. The molecule has 2 aromatic rings. The first-order valence-electron chi connectivity index (χ1n) is 10.6. The maximum Gasteiger partial charge on any atom is 0.312 e. The van der Waals surface area contributed by atoms with Gasteiger partial charge in [-0.1, -0.05) is 74.5 Å². The lowest BCUT2D eigenvalue weighted by molar-refractivity contribution is -0.124. The first-order chi connectivity index (χ1) is 14.8. The van der Waals surface area contributed by atoms with Gasteiger partial charge in [0, 0.05) is 12.1 Å². The Morgan fingerprint density at radius 2 is 1.42 bits per heavy atom. The third-order valence-corrected chi connectivity index (χ3v) is 5.25.